The average molecular weight is 428 g/mol. The van der Waals surface area contributed by atoms with E-state index in [9.17, 15) is 4.79 Å². The Morgan fingerprint density at radius 1 is 1.31 bits per heavy atom. The van der Waals surface area contributed by atoms with E-state index in [1.807, 2.05) is 12.3 Å². The number of hydrogen-bond acceptors (Lipinski definition) is 7. The minimum Gasteiger partial charge on any atom is -0.462 e. The molecule has 0 bridgehead atoms. The van der Waals surface area contributed by atoms with Crippen molar-refractivity contribution in [2.75, 3.05) is 18.2 Å². The largest absolute Gasteiger partial charge is 0.462 e. The maximum atomic E-state index is 12.0. The van der Waals surface area contributed by atoms with E-state index in [0.717, 1.165) is 15.8 Å². The van der Waals surface area contributed by atoms with E-state index in [-0.39, 0.29) is 5.97 Å². The highest BCUT2D eigenvalue weighted by molar-refractivity contribution is 7.98. The van der Waals surface area contributed by atoms with Crippen molar-refractivity contribution in [2.45, 2.75) is 18.6 Å². The first-order valence-electron chi connectivity index (χ1n) is 7.72. The van der Waals surface area contributed by atoms with Crippen molar-refractivity contribution < 1.29 is 9.53 Å². The summed E-state index contributed by atoms with van der Waals surface area (Å²) in [5, 5.41) is 5.86. The molecule has 0 aliphatic heterocycles. The van der Waals surface area contributed by atoms with Crippen LogP contribution in [-0.2, 0) is 11.3 Å². The van der Waals surface area contributed by atoms with Gasteiger partial charge in [-0.1, -0.05) is 41.0 Å². The van der Waals surface area contributed by atoms with Crippen LogP contribution in [0.25, 0.3) is 10.2 Å². The zero-order valence-corrected chi connectivity index (χ0v) is 17.2. The highest BCUT2D eigenvalue weighted by Gasteiger charge is 2.16. The Balaban J connectivity index is 1.94. The Labute approximate surface area is 169 Å². The summed E-state index contributed by atoms with van der Waals surface area (Å²) < 4.78 is 5.08. The highest BCUT2D eigenvalue weighted by atomic mass is 35.5. The lowest BCUT2D eigenvalue weighted by Crippen LogP contribution is -2.04. The molecule has 0 saturated heterocycles. The fourth-order valence-corrected chi connectivity index (χ4v) is 4.10. The Bertz CT molecular complexity index is 963. The number of thioether (sulfide) groups is 1. The maximum absolute atomic E-state index is 12.0. The lowest BCUT2D eigenvalue weighted by Gasteiger charge is -2.09. The number of halogens is 2. The normalized spacial score (nSPS) is 10.9. The Morgan fingerprint density at radius 2 is 2.12 bits per heavy atom. The number of anilines is 1. The Hall–Kier alpha value is -1.54. The van der Waals surface area contributed by atoms with Gasteiger partial charge in [-0.15, -0.1) is 11.3 Å². The molecule has 0 aliphatic rings. The van der Waals surface area contributed by atoms with Crippen molar-refractivity contribution in [3.05, 3.63) is 44.8 Å². The molecule has 3 rings (SSSR count). The SMILES string of the molecule is CCOC(=O)c1cc2c(NCc3ccc(Cl)cc3Cl)nc(SC)nc2s1. The zero-order valence-electron chi connectivity index (χ0n) is 14.0. The molecule has 0 unspecified atom stereocenters. The number of ether oxygens (including phenoxy) is 1. The number of hydrogen-bond donors (Lipinski definition) is 1. The third kappa shape index (κ3) is 4.23. The van der Waals surface area contributed by atoms with Crippen LogP contribution in [0.15, 0.2) is 29.4 Å². The Morgan fingerprint density at radius 3 is 2.81 bits per heavy atom. The van der Waals surface area contributed by atoms with E-state index in [1.165, 1.54) is 23.1 Å². The molecule has 5 nitrogen and oxygen atoms in total. The molecule has 2 heterocycles. The van der Waals surface area contributed by atoms with E-state index in [2.05, 4.69) is 15.3 Å². The van der Waals surface area contributed by atoms with E-state index < -0.39 is 0 Å². The summed E-state index contributed by atoms with van der Waals surface area (Å²) in [5.41, 5.74) is 0.898. The predicted molar refractivity (Wildman–Crippen MR) is 109 cm³/mol. The van der Waals surface area contributed by atoms with Gasteiger partial charge in [0.25, 0.3) is 0 Å². The molecule has 0 aliphatic carbocycles. The van der Waals surface area contributed by atoms with Crippen molar-refractivity contribution in [3.8, 4) is 0 Å². The van der Waals surface area contributed by atoms with Crippen LogP contribution in [0.2, 0.25) is 10.0 Å². The number of nitrogens with one attached hydrogen (secondary N) is 1. The second kappa shape index (κ2) is 8.43. The van der Waals surface area contributed by atoms with Gasteiger partial charge in [0, 0.05) is 16.6 Å². The molecule has 0 radical (unpaired) electrons. The molecular formula is C17H15Cl2N3O2S2. The second-order valence-electron chi connectivity index (χ2n) is 5.20. The molecule has 9 heteroatoms. The summed E-state index contributed by atoms with van der Waals surface area (Å²) in [6.45, 7) is 2.58. The van der Waals surface area contributed by atoms with Crippen LogP contribution in [0.1, 0.15) is 22.2 Å². The molecule has 0 saturated carbocycles. The lowest BCUT2D eigenvalue weighted by atomic mass is 10.2. The van der Waals surface area contributed by atoms with Gasteiger partial charge in [0.05, 0.1) is 12.0 Å². The maximum Gasteiger partial charge on any atom is 0.348 e. The van der Waals surface area contributed by atoms with E-state index in [0.29, 0.717) is 39.0 Å². The van der Waals surface area contributed by atoms with Gasteiger partial charge in [-0.25, -0.2) is 14.8 Å². The molecule has 3 aromatic rings. The first kappa shape index (κ1) is 19.2. The molecule has 0 atom stereocenters. The Kier molecular flexibility index (Phi) is 6.24. The lowest BCUT2D eigenvalue weighted by molar-refractivity contribution is 0.0532. The smallest absolute Gasteiger partial charge is 0.348 e. The van der Waals surface area contributed by atoms with Crippen LogP contribution < -0.4 is 5.32 Å². The zero-order chi connectivity index (χ0) is 18.7. The number of carbonyl (C=O) groups is 1. The average Bonchev–Trinajstić information content (AvgIpc) is 3.05. The topological polar surface area (TPSA) is 64.1 Å². The quantitative estimate of drug-likeness (QED) is 0.317. The number of rotatable bonds is 6. The molecule has 0 amide bonds. The first-order valence-corrected chi connectivity index (χ1v) is 10.5. The fraction of sp³-hybridized carbons (Fsp3) is 0.235. The number of carbonyl (C=O) groups excluding carboxylic acids is 1. The van der Waals surface area contributed by atoms with E-state index >= 15 is 0 Å². The van der Waals surface area contributed by atoms with Gasteiger partial charge in [0.1, 0.15) is 15.5 Å². The first-order chi connectivity index (χ1) is 12.5. The van der Waals surface area contributed by atoms with Gasteiger partial charge in [-0.3, -0.25) is 0 Å². The number of benzene rings is 1. The molecular weight excluding hydrogens is 413 g/mol. The van der Waals surface area contributed by atoms with Crippen molar-refractivity contribution in [1.82, 2.24) is 9.97 Å². The monoisotopic (exact) mass is 427 g/mol. The van der Waals surface area contributed by atoms with Gasteiger partial charge in [-0.2, -0.15) is 0 Å². The molecule has 136 valence electrons. The summed E-state index contributed by atoms with van der Waals surface area (Å²) in [6.07, 6.45) is 1.90. The number of nitrogens with zero attached hydrogens (tertiary/aromatic N) is 2. The van der Waals surface area contributed by atoms with E-state index in [1.54, 1.807) is 25.1 Å². The van der Waals surface area contributed by atoms with Gasteiger partial charge < -0.3 is 10.1 Å². The predicted octanol–water partition coefficient (Wildman–Crippen LogP) is 5.51. The second-order valence-corrected chi connectivity index (χ2v) is 7.85. The third-order valence-corrected chi connectivity index (χ3v) is 5.64. The summed E-state index contributed by atoms with van der Waals surface area (Å²) >= 11 is 14.9. The molecule has 1 aromatic carbocycles. The summed E-state index contributed by atoms with van der Waals surface area (Å²) in [6, 6.07) is 7.11. The highest BCUT2D eigenvalue weighted by Crippen LogP contribution is 2.32. The summed E-state index contributed by atoms with van der Waals surface area (Å²) in [5.74, 6) is 0.296. The minimum atomic E-state index is -0.354. The number of thiophene rings is 1. The van der Waals surface area contributed by atoms with Gasteiger partial charge >= 0.3 is 5.97 Å². The van der Waals surface area contributed by atoms with E-state index in [4.69, 9.17) is 27.9 Å². The van der Waals surface area contributed by atoms with Gasteiger partial charge in [0.15, 0.2) is 5.16 Å². The molecule has 0 fully saturated rings. The molecule has 1 N–H and O–H groups in total. The standard InChI is InChI=1S/C17H15Cl2N3O2S2/c1-3-24-16(23)13-7-11-14(21-17(25-2)22-15(11)26-13)20-8-9-4-5-10(18)6-12(9)19/h4-7H,3,8H2,1-2H3,(H,20,21,22). The van der Waals surface area contributed by atoms with Crippen LogP contribution in [0.5, 0.6) is 0 Å². The minimum absolute atomic E-state index is 0.328. The number of fused-ring (bicyclic) bond motifs is 1. The molecule has 0 spiro atoms. The van der Waals surface area contributed by atoms with Crippen LogP contribution in [0.3, 0.4) is 0 Å². The summed E-state index contributed by atoms with van der Waals surface area (Å²) in [7, 11) is 0. The van der Waals surface area contributed by atoms with Crippen molar-refractivity contribution in [2.24, 2.45) is 0 Å². The summed E-state index contributed by atoms with van der Waals surface area (Å²) in [4.78, 5) is 22.3. The molecule has 2 aromatic heterocycles. The van der Waals surface area contributed by atoms with Crippen LogP contribution >= 0.6 is 46.3 Å². The van der Waals surface area contributed by atoms with Crippen molar-refractivity contribution in [1.29, 1.82) is 0 Å². The fourth-order valence-electron chi connectivity index (χ4n) is 2.27. The number of aromatic nitrogens is 2. The number of esters is 1. The van der Waals surface area contributed by atoms with Crippen molar-refractivity contribution in [3.63, 3.8) is 0 Å². The van der Waals surface area contributed by atoms with Gasteiger partial charge in [-0.05, 0) is 36.9 Å². The third-order valence-electron chi connectivity index (χ3n) is 3.49. The van der Waals surface area contributed by atoms with Gasteiger partial charge in [0.2, 0.25) is 0 Å². The van der Waals surface area contributed by atoms with Crippen LogP contribution in [0, 0.1) is 0 Å². The van der Waals surface area contributed by atoms with Crippen molar-refractivity contribution >= 4 is 68.3 Å². The van der Waals surface area contributed by atoms with Crippen LogP contribution in [0.4, 0.5) is 5.82 Å². The van der Waals surface area contributed by atoms with Crippen LogP contribution in [-0.4, -0.2) is 28.8 Å². The molecule has 26 heavy (non-hydrogen) atoms.